The molecule has 1 unspecified atom stereocenters. The predicted molar refractivity (Wildman–Crippen MR) is 117 cm³/mol. The van der Waals surface area contributed by atoms with E-state index in [1.165, 1.54) is 0 Å². The molecule has 1 saturated heterocycles. The molecule has 1 aliphatic heterocycles. The van der Waals surface area contributed by atoms with Gasteiger partial charge >= 0.3 is 0 Å². The summed E-state index contributed by atoms with van der Waals surface area (Å²) in [5.74, 6) is -0.0965. The lowest BCUT2D eigenvalue weighted by atomic mass is 9.92. The maximum absolute atomic E-state index is 13.1. The first kappa shape index (κ1) is 20.8. The van der Waals surface area contributed by atoms with Gasteiger partial charge in [0.25, 0.3) is 11.8 Å². The zero-order valence-electron chi connectivity index (χ0n) is 18.0. The Kier molecular flexibility index (Phi) is 6.16. The lowest BCUT2D eigenvalue weighted by molar-refractivity contribution is 0.0698. The minimum absolute atomic E-state index is 0.0394. The highest BCUT2D eigenvalue weighted by Crippen LogP contribution is 2.29. The van der Waals surface area contributed by atoms with Crippen LogP contribution in [0.3, 0.4) is 0 Å². The quantitative estimate of drug-likeness (QED) is 0.664. The molecule has 3 heterocycles. The van der Waals surface area contributed by atoms with E-state index in [1.807, 2.05) is 48.4 Å². The van der Waals surface area contributed by atoms with Crippen molar-refractivity contribution in [2.24, 2.45) is 0 Å². The summed E-state index contributed by atoms with van der Waals surface area (Å²) in [4.78, 5) is 29.6. The highest BCUT2D eigenvalue weighted by molar-refractivity contribution is 5.95. The van der Waals surface area contributed by atoms with Crippen molar-refractivity contribution in [1.29, 1.82) is 0 Å². The number of carbonyl (C=O) groups is 2. The summed E-state index contributed by atoms with van der Waals surface area (Å²) < 4.78 is 1.75. The summed E-state index contributed by atoms with van der Waals surface area (Å²) in [6.07, 6.45) is 5.20. The highest BCUT2D eigenvalue weighted by atomic mass is 16.2. The van der Waals surface area contributed by atoms with E-state index >= 15 is 0 Å². The third-order valence-electron chi connectivity index (χ3n) is 5.81. The smallest absolute Gasteiger partial charge is 0.274 e. The van der Waals surface area contributed by atoms with Crippen LogP contribution in [0.25, 0.3) is 0 Å². The van der Waals surface area contributed by atoms with Gasteiger partial charge in [0.2, 0.25) is 0 Å². The first-order valence-corrected chi connectivity index (χ1v) is 10.7. The molecule has 0 radical (unpaired) electrons. The summed E-state index contributed by atoms with van der Waals surface area (Å²) in [6.45, 7) is 4.48. The van der Waals surface area contributed by atoms with Crippen molar-refractivity contribution in [1.82, 2.24) is 29.8 Å². The number of nitrogens with one attached hydrogen (secondary N) is 1. The van der Waals surface area contributed by atoms with Crippen LogP contribution in [0.1, 0.15) is 57.8 Å². The standard InChI is InChI=1S/C23H28N6O2/c1-3-29-13-11-20(26-29)23(31)28-12-7-10-18(16-28)21-19(14-24-25-21)22(30)27(2)15-17-8-5-4-6-9-17/h4-6,8-9,11,13-14,18H,3,7,10,12,15-16H2,1-2H3,(H,24,25). The minimum atomic E-state index is -0.0715. The number of rotatable bonds is 6. The Morgan fingerprint density at radius 1 is 1.23 bits per heavy atom. The first-order valence-electron chi connectivity index (χ1n) is 10.7. The average Bonchev–Trinajstić information content (AvgIpc) is 3.48. The van der Waals surface area contributed by atoms with Crippen LogP contribution in [0, 0.1) is 0 Å². The molecular weight excluding hydrogens is 392 g/mol. The van der Waals surface area contributed by atoms with Crippen LogP contribution in [0.5, 0.6) is 0 Å². The van der Waals surface area contributed by atoms with Gasteiger partial charge in [-0.1, -0.05) is 30.3 Å². The summed E-state index contributed by atoms with van der Waals surface area (Å²) in [6, 6.07) is 11.7. The molecular formula is C23H28N6O2. The van der Waals surface area contributed by atoms with Crippen molar-refractivity contribution in [2.45, 2.75) is 38.8 Å². The number of hydrogen-bond acceptors (Lipinski definition) is 4. The van der Waals surface area contributed by atoms with Crippen LogP contribution in [0.4, 0.5) is 0 Å². The second-order valence-corrected chi connectivity index (χ2v) is 7.99. The molecule has 4 rings (SSSR count). The van der Waals surface area contributed by atoms with Gasteiger partial charge in [-0.2, -0.15) is 10.2 Å². The van der Waals surface area contributed by atoms with Gasteiger partial charge in [-0.05, 0) is 31.4 Å². The van der Waals surface area contributed by atoms with Crippen LogP contribution < -0.4 is 0 Å². The van der Waals surface area contributed by atoms with Crippen LogP contribution in [-0.4, -0.2) is 61.7 Å². The number of likely N-dealkylation sites (tertiary alicyclic amines) is 1. The normalized spacial score (nSPS) is 16.3. The maximum Gasteiger partial charge on any atom is 0.274 e. The van der Waals surface area contributed by atoms with Crippen molar-refractivity contribution in [2.75, 3.05) is 20.1 Å². The minimum Gasteiger partial charge on any atom is -0.337 e. The van der Waals surface area contributed by atoms with E-state index in [1.54, 1.807) is 28.9 Å². The summed E-state index contributed by atoms with van der Waals surface area (Å²) in [7, 11) is 1.80. The van der Waals surface area contributed by atoms with E-state index < -0.39 is 0 Å². The number of aromatic nitrogens is 4. The molecule has 8 nitrogen and oxygen atoms in total. The topological polar surface area (TPSA) is 87.1 Å². The average molecular weight is 421 g/mol. The SMILES string of the molecule is CCn1ccc(C(=O)N2CCCC(c3[nH]ncc3C(=O)N(C)Cc3ccccc3)C2)n1. The van der Waals surface area contributed by atoms with Gasteiger partial charge in [0.05, 0.1) is 17.5 Å². The van der Waals surface area contributed by atoms with Crippen LogP contribution >= 0.6 is 0 Å². The first-order chi connectivity index (χ1) is 15.1. The monoisotopic (exact) mass is 420 g/mol. The summed E-state index contributed by atoms with van der Waals surface area (Å²) in [5, 5.41) is 11.5. The number of aromatic amines is 1. The lowest BCUT2D eigenvalue weighted by Gasteiger charge is -2.32. The summed E-state index contributed by atoms with van der Waals surface area (Å²) >= 11 is 0. The van der Waals surface area contributed by atoms with Gasteiger partial charge in [0.1, 0.15) is 5.69 Å². The number of benzene rings is 1. The van der Waals surface area contributed by atoms with E-state index in [2.05, 4.69) is 15.3 Å². The Morgan fingerprint density at radius 3 is 2.77 bits per heavy atom. The Balaban J connectivity index is 1.47. The van der Waals surface area contributed by atoms with Gasteiger partial charge < -0.3 is 9.80 Å². The maximum atomic E-state index is 13.1. The molecule has 2 aromatic heterocycles. The Hall–Kier alpha value is -3.42. The van der Waals surface area contributed by atoms with Crippen LogP contribution in [-0.2, 0) is 13.1 Å². The second-order valence-electron chi connectivity index (χ2n) is 7.99. The molecule has 1 aliphatic rings. The van der Waals surface area contributed by atoms with Crippen molar-refractivity contribution in [3.8, 4) is 0 Å². The molecule has 2 amide bonds. The zero-order valence-corrected chi connectivity index (χ0v) is 18.0. The molecule has 1 fully saturated rings. The van der Waals surface area contributed by atoms with Crippen molar-refractivity contribution >= 4 is 11.8 Å². The van der Waals surface area contributed by atoms with Gasteiger partial charge in [0.15, 0.2) is 0 Å². The number of hydrogen-bond donors (Lipinski definition) is 1. The molecule has 1 aromatic carbocycles. The Bertz CT molecular complexity index is 1040. The third-order valence-corrected chi connectivity index (χ3v) is 5.81. The van der Waals surface area contributed by atoms with Gasteiger partial charge in [-0.15, -0.1) is 0 Å². The predicted octanol–water partition coefficient (Wildman–Crippen LogP) is 2.92. The third kappa shape index (κ3) is 4.52. The molecule has 0 bridgehead atoms. The number of aryl methyl sites for hydroxylation is 1. The van der Waals surface area contributed by atoms with E-state index in [0.29, 0.717) is 30.9 Å². The molecule has 0 aliphatic carbocycles. The van der Waals surface area contributed by atoms with E-state index in [-0.39, 0.29) is 17.7 Å². The molecule has 162 valence electrons. The fourth-order valence-electron chi connectivity index (χ4n) is 4.12. The largest absolute Gasteiger partial charge is 0.337 e. The number of amides is 2. The molecule has 31 heavy (non-hydrogen) atoms. The fraction of sp³-hybridized carbons (Fsp3) is 0.391. The van der Waals surface area contributed by atoms with E-state index in [4.69, 9.17) is 0 Å². The number of nitrogens with zero attached hydrogens (tertiary/aromatic N) is 5. The number of piperidine rings is 1. The molecule has 8 heteroatoms. The lowest BCUT2D eigenvalue weighted by Crippen LogP contribution is -2.40. The van der Waals surface area contributed by atoms with Crippen molar-refractivity contribution in [3.05, 3.63) is 71.3 Å². The molecule has 0 spiro atoms. The van der Waals surface area contributed by atoms with E-state index in [0.717, 1.165) is 30.6 Å². The molecule has 0 saturated carbocycles. The second kappa shape index (κ2) is 9.16. The zero-order chi connectivity index (χ0) is 21.8. The van der Waals surface area contributed by atoms with Crippen molar-refractivity contribution < 1.29 is 9.59 Å². The van der Waals surface area contributed by atoms with Crippen LogP contribution in [0.2, 0.25) is 0 Å². The summed E-state index contributed by atoms with van der Waals surface area (Å²) in [5.41, 5.74) is 2.92. The molecule has 1 N–H and O–H groups in total. The Labute approximate surface area is 181 Å². The van der Waals surface area contributed by atoms with Crippen molar-refractivity contribution in [3.63, 3.8) is 0 Å². The fourth-order valence-corrected chi connectivity index (χ4v) is 4.12. The number of H-pyrrole nitrogens is 1. The van der Waals surface area contributed by atoms with Gasteiger partial charge in [-0.3, -0.25) is 19.4 Å². The van der Waals surface area contributed by atoms with E-state index in [9.17, 15) is 9.59 Å². The molecule has 1 atom stereocenters. The Morgan fingerprint density at radius 2 is 2.03 bits per heavy atom. The van der Waals surface area contributed by atoms with Crippen LogP contribution in [0.15, 0.2) is 48.8 Å². The molecule has 3 aromatic rings. The highest BCUT2D eigenvalue weighted by Gasteiger charge is 2.30. The van der Waals surface area contributed by atoms with Gasteiger partial charge in [0, 0.05) is 45.3 Å². The number of carbonyl (C=O) groups excluding carboxylic acids is 2. The van der Waals surface area contributed by atoms with Gasteiger partial charge in [-0.25, -0.2) is 0 Å².